The van der Waals surface area contributed by atoms with E-state index < -0.39 is 6.61 Å². The molecule has 0 radical (unpaired) electrons. The quantitative estimate of drug-likeness (QED) is 0.444. The molecular formula is C24H25F2NO5. The molecule has 3 rings (SSSR count). The summed E-state index contributed by atoms with van der Waals surface area (Å²) in [6.45, 7) is -2.14. The van der Waals surface area contributed by atoms with Gasteiger partial charge in [-0.2, -0.15) is 8.78 Å². The number of para-hydroxylation sites is 1. The lowest BCUT2D eigenvalue weighted by molar-refractivity contribution is -0.127. The number of likely N-dealkylation sites (tertiary alicyclic amines) is 1. The highest BCUT2D eigenvalue weighted by molar-refractivity contribution is 5.98. The number of nitrogens with zero attached hydrogens (tertiary/aromatic N) is 1. The number of alkyl halides is 2. The fourth-order valence-corrected chi connectivity index (χ4v) is 3.66. The van der Waals surface area contributed by atoms with Gasteiger partial charge in [-0.05, 0) is 49.2 Å². The van der Waals surface area contributed by atoms with Gasteiger partial charge in [-0.3, -0.25) is 9.59 Å². The molecule has 0 unspecified atom stereocenters. The van der Waals surface area contributed by atoms with E-state index in [9.17, 15) is 18.4 Å². The molecule has 1 fully saturated rings. The number of rotatable bonds is 8. The molecule has 0 saturated carbocycles. The second kappa shape index (κ2) is 10.7. The summed E-state index contributed by atoms with van der Waals surface area (Å²) in [4.78, 5) is 27.0. The largest absolute Gasteiger partial charge is 0.497 e. The lowest BCUT2D eigenvalue weighted by Gasteiger charge is -2.30. The van der Waals surface area contributed by atoms with Crippen molar-refractivity contribution in [3.63, 3.8) is 0 Å². The van der Waals surface area contributed by atoms with Crippen molar-refractivity contribution in [2.24, 2.45) is 5.92 Å². The van der Waals surface area contributed by atoms with Crippen LogP contribution in [0.2, 0.25) is 0 Å². The predicted molar refractivity (Wildman–Crippen MR) is 115 cm³/mol. The number of Topliss-reactive ketones (excluding diaryl/α,β-unsaturated/α-hetero) is 1. The number of piperidine rings is 1. The number of halogens is 2. The third-order valence-electron chi connectivity index (χ3n) is 5.39. The molecule has 2 aromatic carbocycles. The zero-order valence-electron chi connectivity index (χ0n) is 17.9. The number of amides is 1. The van der Waals surface area contributed by atoms with Crippen LogP contribution in [0.3, 0.4) is 0 Å². The molecule has 0 atom stereocenters. The standard InChI is InChI=1S/C24H25F2NO5/c1-30-19-9-6-16(7-10-19)22(29)17-12-14-27(15-13-17)21(28)11-8-18-4-3-5-20(31-2)23(18)32-24(25)26/h3-11,17,24H,12-15H2,1-2H3/b11-8+. The number of methoxy groups -OCH3 is 2. The van der Waals surface area contributed by atoms with Crippen molar-refractivity contribution < 1.29 is 32.6 Å². The van der Waals surface area contributed by atoms with Crippen LogP contribution in [0.4, 0.5) is 8.78 Å². The van der Waals surface area contributed by atoms with Gasteiger partial charge in [0.1, 0.15) is 5.75 Å². The minimum Gasteiger partial charge on any atom is -0.497 e. The molecule has 1 amide bonds. The van der Waals surface area contributed by atoms with Crippen LogP contribution in [-0.2, 0) is 4.79 Å². The van der Waals surface area contributed by atoms with Gasteiger partial charge in [-0.25, -0.2) is 0 Å². The first kappa shape index (κ1) is 23.2. The van der Waals surface area contributed by atoms with Crippen molar-refractivity contribution in [2.45, 2.75) is 19.5 Å². The fraction of sp³-hybridized carbons (Fsp3) is 0.333. The van der Waals surface area contributed by atoms with Crippen molar-refractivity contribution in [3.8, 4) is 17.2 Å². The first-order chi connectivity index (χ1) is 15.4. The zero-order valence-corrected chi connectivity index (χ0v) is 17.9. The molecule has 32 heavy (non-hydrogen) atoms. The Hall–Kier alpha value is -3.42. The number of hydrogen-bond donors (Lipinski definition) is 0. The van der Waals surface area contributed by atoms with Crippen LogP contribution < -0.4 is 14.2 Å². The molecular weight excluding hydrogens is 420 g/mol. The van der Waals surface area contributed by atoms with E-state index in [0.29, 0.717) is 42.8 Å². The molecule has 170 valence electrons. The van der Waals surface area contributed by atoms with E-state index in [2.05, 4.69) is 4.74 Å². The summed E-state index contributed by atoms with van der Waals surface area (Å²) in [5.41, 5.74) is 0.933. The van der Waals surface area contributed by atoms with Gasteiger partial charge in [0.15, 0.2) is 17.3 Å². The minimum absolute atomic E-state index is 0.0560. The van der Waals surface area contributed by atoms with Gasteiger partial charge in [0, 0.05) is 36.2 Å². The van der Waals surface area contributed by atoms with Gasteiger partial charge >= 0.3 is 6.61 Å². The maximum atomic E-state index is 12.8. The lowest BCUT2D eigenvalue weighted by Crippen LogP contribution is -2.39. The summed E-state index contributed by atoms with van der Waals surface area (Å²) in [5, 5.41) is 0. The van der Waals surface area contributed by atoms with E-state index in [1.165, 1.54) is 25.3 Å². The number of benzene rings is 2. The first-order valence-electron chi connectivity index (χ1n) is 10.2. The summed E-state index contributed by atoms with van der Waals surface area (Å²) < 4.78 is 40.3. The Morgan fingerprint density at radius 1 is 1.03 bits per heavy atom. The summed E-state index contributed by atoms with van der Waals surface area (Å²) in [6, 6.07) is 11.7. The first-order valence-corrected chi connectivity index (χ1v) is 10.2. The Labute approximate surface area is 185 Å². The topological polar surface area (TPSA) is 65.1 Å². The molecule has 8 heteroatoms. The Kier molecular flexibility index (Phi) is 7.81. The Morgan fingerprint density at radius 2 is 1.72 bits per heavy atom. The van der Waals surface area contributed by atoms with E-state index in [1.807, 2.05) is 0 Å². The lowest BCUT2D eigenvalue weighted by atomic mass is 9.89. The van der Waals surface area contributed by atoms with Crippen LogP contribution in [0.1, 0.15) is 28.8 Å². The monoisotopic (exact) mass is 445 g/mol. The highest BCUT2D eigenvalue weighted by atomic mass is 19.3. The molecule has 2 aromatic rings. The fourth-order valence-electron chi connectivity index (χ4n) is 3.66. The molecule has 1 heterocycles. The molecule has 0 aromatic heterocycles. The van der Waals surface area contributed by atoms with Gasteiger partial charge in [-0.1, -0.05) is 12.1 Å². The zero-order chi connectivity index (χ0) is 23.1. The van der Waals surface area contributed by atoms with Crippen LogP contribution >= 0.6 is 0 Å². The van der Waals surface area contributed by atoms with Gasteiger partial charge in [0.25, 0.3) is 0 Å². The summed E-state index contributed by atoms with van der Waals surface area (Å²) in [6.07, 6.45) is 3.86. The van der Waals surface area contributed by atoms with Gasteiger partial charge < -0.3 is 19.1 Å². The number of ether oxygens (including phenoxy) is 3. The van der Waals surface area contributed by atoms with E-state index in [1.54, 1.807) is 48.4 Å². The summed E-state index contributed by atoms with van der Waals surface area (Å²) in [5.74, 6) is 0.356. The Morgan fingerprint density at radius 3 is 2.31 bits per heavy atom. The molecule has 0 spiro atoms. The van der Waals surface area contributed by atoms with Crippen molar-refractivity contribution in [1.82, 2.24) is 4.90 Å². The van der Waals surface area contributed by atoms with Gasteiger partial charge in [-0.15, -0.1) is 0 Å². The molecule has 1 saturated heterocycles. The Bertz CT molecular complexity index is 967. The van der Waals surface area contributed by atoms with Crippen LogP contribution in [0.15, 0.2) is 48.5 Å². The van der Waals surface area contributed by atoms with E-state index in [0.717, 1.165) is 0 Å². The van der Waals surface area contributed by atoms with Crippen molar-refractivity contribution in [1.29, 1.82) is 0 Å². The number of carbonyl (C=O) groups is 2. The van der Waals surface area contributed by atoms with Gasteiger partial charge in [0.05, 0.1) is 14.2 Å². The summed E-state index contributed by atoms with van der Waals surface area (Å²) in [7, 11) is 2.92. The van der Waals surface area contributed by atoms with Crippen LogP contribution in [-0.4, -0.2) is 50.5 Å². The maximum Gasteiger partial charge on any atom is 0.387 e. The SMILES string of the molecule is COc1ccc(C(=O)C2CCN(C(=O)/C=C/c3cccc(OC)c3OC(F)F)CC2)cc1. The maximum absolute atomic E-state index is 12.8. The van der Waals surface area contributed by atoms with E-state index in [4.69, 9.17) is 9.47 Å². The molecule has 0 bridgehead atoms. The second-order valence-corrected chi connectivity index (χ2v) is 7.28. The summed E-state index contributed by atoms with van der Waals surface area (Å²) >= 11 is 0. The third kappa shape index (κ3) is 5.63. The molecule has 0 aliphatic carbocycles. The number of hydrogen-bond acceptors (Lipinski definition) is 5. The molecule has 1 aliphatic heterocycles. The molecule has 1 aliphatic rings. The third-order valence-corrected chi connectivity index (χ3v) is 5.39. The molecule has 0 N–H and O–H groups in total. The normalized spacial score (nSPS) is 14.6. The highest BCUT2D eigenvalue weighted by Gasteiger charge is 2.27. The average molecular weight is 445 g/mol. The highest BCUT2D eigenvalue weighted by Crippen LogP contribution is 2.33. The molecule has 6 nitrogen and oxygen atoms in total. The van der Waals surface area contributed by atoms with Crippen LogP contribution in [0, 0.1) is 5.92 Å². The second-order valence-electron chi connectivity index (χ2n) is 7.28. The van der Waals surface area contributed by atoms with E-state index >= 15 is 0 Å². The number of ketones is 1. The van der Waals surface area contributed by atoms with Crippen LogP contribution in [0.25, 0.3) is 6.08 Å². The predicted octanol–water partition coefficient (Wildman–Crippen LogP) is 4.44. The minimum atomic E-state index is -3.02. The average Bonchev–Trinajstić information content (AvgIpc) is 2.82. The van der Waals surface area contributed by atoms with Crippen LogP contribution in [0.5, 0.6) is 17.2 Å². The number of carbonyl (C=O) groups excluding carboxylic acids is 2. The smallest absolute Gasteiger partial charge is 0.387 e. The van der Waals surface area contributed by atoms with Crippen molar-refractivity contribution in [3.05, 3.63) is 59.7 Å². The van der Waals surface area contributed by atoms with Crippen molar-refractivity contribution in [2.75, 3.05) is 27.3 Å². The van der Waals surface area contributed by atoms with E-state index in [-0.39, 0.29) is 29.1 Å². The Balaban J connectivity index is 1.61. The van der Waals surface area contributed by atoms with Gasteiger partial charge in [0.2, 0.25) is 5.91 Å². The van der Waals surface area contributed by atoms with Crippen molar-refractivity contribution >= 4 is 17.8 Å².